The van der Waals surface area contributed by atoms with Gasteiger partial charge in [-0.15, -0.1) is 20.5 Å². The van der Waals surface area contributed by atoms with Crippen LogP contribution in [0.25, 0.3) is 0 Å². The smallest absolute Gasteiger partial charge is 0.370 e. The Labute approximate surface area is 210 Å². The van der Waals surface area contributed by atoms with Crippen LogP contribution in [0.5, 0.6) is 0 Å². The van der Waals surface area contributed by atoms with Crippen LogP contribution in [0.1, 0.15) is 19.3 Å². The van der Waals surface area contributed by atoms with Crippen LogP contribution in [0, 0.1) is 20.5 Å². The number of halogens is 2. The summed E-state index contributed by atoms with van der Waals surface area (Å²) in [5, 5.41) is 0. The molecule has 17 heteroatoms. The summed E-state index contributed by atoms with van der Waals surface area (Å²) in [5.41, 5.74) is 5.29. The number of amides is 1. The SMILES string of the molecule is CN1CCCN(C)CCN(CCC(N)=O)CCCN(C)CC1.[Cu+2].[O-][Cl+3]([O-])([O-])[O-].[O-][Cl+3]([O-])([O-])[O-]. The van der Waals surface area contributed by atoms with Crippen molar-refractivity contribution in [3.8, 4) is 0 Å². The number of nitrogens with zero attached hydrogens (tertiary/aromatic N) is 4. The Morgan fingerprint density at radius 1 is 0.667 bits per heavy atom. The van der Waals surface area contributed by atoms with Crippen molar-refractivity contribution in [1.29, 1.82) is 0 Å². The fraction of sp³-hybridized carbons (Fsp3) is 0.938. The number of hydrogen-bond acceptors (Lipinski definition) is 13. The van der Waals surface area contributed by atoms with E-state index >= 15 is 0 Å². The molecule has 1 amide bonds. The maximum Gasteiger partial charge on any atom is 2.00 e. The largest absolute Gasteiger partial charge is 2.00 e. The van der Waals surface area contributed by atoms with E-state index < -0.39 is 20.5 Å². The molecule has 0 bridgehead atoms. The Morgan fingerprint density at radius 3 is 1.30 bits per heavy atom. The molecule has 0 aromatic rings. The molecular formula is C16H35Cl2CuN5O9. The Bertz CT molecular complexity index is 466. The Kier molecular flexibility index (Phi) is 23.1. The number of carbonyl (C=O) groups excluding carboxylic acids is 1. The molecule has 0 saturated carbocycles. The van der Waals surface area contributed by atoms with Gasteiger partial charge in [-0.3, -0.25) is 4.79 Å². The standard InChI is InChI=1S/C16H35N5O.2ClHO4.Cu/c1-18-7-4-8-20(3)14-15-21(11-6-16(17)22)10-5-9-19(2)13-12-18;2*2-1(3,4)5;/h4-15H2,1-3H3,(H2,17,22);2*(H,2,3,4,5);/q;;;+2/p-2. The summed E-state index contributed by atoms with van der Waals surface area (Å²) >= 11 is 0. The minimum Gasteiger partial charge on any atom is -0.370 e. The van der Waals surface area contributed by atoms with E-state index in [0.717, 1.165) is 65.3 Å². The summed E-state index contributed by atoms with van der Waals surface area (Å²) < 4.78 is 67.9. The molecule has 203 valence electrons. The quantitative estimate of drug-likeness (QED) is 0.308. The number of carbonyl (C=O) groups is 1. The normalized spacial score (nSPS) is 19.1. The summed E-state index contributed by atoms with van der Waals surface area (Å²) in [4.78, 5) is 20.6. The summed E-state index contributed by atoms with van der Waals surface area (Å²) in [6.45, 7) is 9.54. The van der Waals surface area contributed by atoms with Gasteiger partial charge >= 0.3 is 17.1 Å². The average Bonchev–Trinajstić information content (AvgIpc) is 2.58. The fourth-order valence-corrected chi connectivity index (χ4v) is 2.77. The number of rotatable bonds is 3. The molecule has 0 atom stereocenters. The van der Waals surface area contributed by atoms with Crippen molar-refractivity contribution >= 4 is 5.91 Å². The van der Waals surface area contributed by atoms with Crippen LogP contribution < -0.4 is 43.0 Å². The van der Waals surface area contributed by atoms with E-state index in [1.807, 2.05) is 0 Å². The van der Waals surface area contributed by atoms with Gasteiger partial charge in [0.1, 0.15) is 0 Å². The Hall–Kier alpha value is 0.0895. The van der Waals surface area contributed by atoms with Crippen LogP contribution in [-0.4, -0.2) is 106 Å². The van der Waals surface area contributed by atoms with E-state index in [9.17, 15) is 4.79 Å². The van der Waals surface area contributed by atoms with Gasteiger partial charge in [0.05, 0.1) is 0 Å². The zero-order chi connectivity index (χ0) is 25.4. The topological polar surface area (TPSA) is 241 Å². The molecule has 0 aromatic heterocycles. The molecule has 1 aliphatic rings. The van der Waals surface area contributed by atoms with Crippen molar-refractivity contribution in [2.45, 2.75) is 19.3 Å². The third-order valence-corrected chi connectivity index (χ3v) is 4.43. The maximum atomic E-state index is 11.0. The molecule has 14 nitrogen and oxygen atoms in total. The van der Waals surface area contributed by atoms with E-state index in [1.165, 1.54) is 6.42 Å². The van der Waals surface area contributed by atoms with Gasteiger partial charge in [-0.1, -0.05) is 0 Å². The predicted octanol–water partition coefficient (Wildman–Crippen LogP) is -9.76. The van der Waals surface area contributed by atoms with Crippen molar-refractivity contribution < 1.29 is 79.6 Å². The maximum absolute atomic E-state index is 11.0. The fourth-order valence-electron chi connectivity index (χ4n) is 2.77. The van der Waals surface area contributed by atoms with Crippen LogP contribution >= 0.6 is 0 Å². The molecule has 1 aliphatic heterocycles. The van der Waals surface area contributed by atoms with Crippen molar-refractivity contribution in [1.82, 2.24) is 19.6 Å². The third kappa shape index (κ3) is 39.6. The number of nitrogens with two attached hydrogens (primary N) is 1. The van der Waals surface area contributed by atoms with Gasteiger partial charge in [0.2, 0.25) is 5.91 Å². The van der Waals surface area contributed by atoms with Crippen molar-refractivity contribution in [3.63, 3.8) is 0 Å². The number of hydrogen-bond donors (Lipinski definition) is 1. The van der Waals surface area contributed by atoms with Crippen molar-refractivity contribution in [2.24, 2.45) is 5.73 Å². The molecule has 1 fully saturated rings. The average molecular weight is 576 g/mol. The summed E-state index contributed by atoms with van der Waals surface area (Å²) in [7, 11) is -3.29. The van der Waals surface area contributed by atoms with Crippen LogP contribution in [0.2, 0.25) is 0 Å². The second-order valence-corrected chi connectivity index (χ2v) is 8.94. The first-order chi connectivity index (χ1) is 14.5. The number of likely N-dealkylation sites (N-methyl/N-ethyl adjacent to an activating group) is 3. The van der Waals surface area contributed by atoms with Crippen molar-refractivity contribution in [2.75, 3.05) is 80.0 Å². The molecule has 1 heterocycles. The van der Waals surface area contributed by atoms with Crippen molar-refractivity contribution in [3.05, 3.63) is 0 Å². The molecule has 0 aromatic carbocycles. The first-order valence-corrected chi connectivity index (χ1v) is 12.2. The van der Waals surface area contributed by atoms with E-state index in [0.29, 0.717) is 6.42 Å². The second-order valence-electron chi connectivity index (χ2n) is 7.43. The molecule has 1 rings (SSSR count). The third-order valence-electron chi connectivity index (χ3n) is 4.43. The van der Waals surface area contributed by atoms with Gasteiger partial charge in [-0.25, -0.2) is 37.3 Å². The Balaban J connectivity index is -0.000000686. The van der Waals surface area contributed by atoms with Crippen LogP contribution in [0.15, 0.2) is 0 Å². The molecule has 2 N–H and O–H groups in total. The molecule has 1 radical (unpaired) electrons. The summed E-state index contributed by atoms with van der Waals surface area (Å²) in [5.74, 6) is -0.201. The molecule has 1 saturated heterocycles. The van der Waals surface area contributed by atoms with Gasteiger partial charge in [-0.05, 0) is 60.2 Å². The summed E-state index contributed by atoms with van der Waals surface area (Å²) in [6, 6.07) is 0. The molecule has 0 spiro atoms. The van der Waals surface area contributed by atoms with Crippen LogP contribution in [-0.2, 0) is 21.9 Å². The van der Waals surface area contributed by atoms with Gasteiger partial charge in [0, 0.05) is 39.1 Å². The van der Waals surface area contributed by atoms with E-state index in [2.05, 4.69) is 40.7 Å². The Morgan fingerprint density at radius 2 is 0.970 bits per heavy atom. The van der Waals surface area contributed by atoms with E-state index in [1.54, 1.807) is 0 Å². The molecule has 0 unspecified atom stereocenters. The van der Waals surface area contributed by atoms with Crippen LogP contribution in [0.3, 0.4) is 0 Å². The first kappa shape index (κ1) is 37.6. The predicted molar refractivity (Wildman–Crippen MR) is 92.0 cm³/mol. The van der Waals surface area contributed by atoms with Gasteiger partial charge in [-0.2, -0.15) is 0 Å². The van der Waals surface area contributed by atoms with E-state index in [-0.39, 0.29) is 23.0 Å². The minimum absolute atomic E-state index is 0. The van der Waals surface area contributed by atoms with Gasteiger partial charge in [0.15, 0.2) is 0 Å². The zero-order valence-corrected chi connectivity index (χ0v) is 21.5. The van der Waals surface area contributed by atoms with Crippen LogP contribution in [0.4, 0.5) is 0 Å². The zero-order valence-electron chi connectivity index (χ0n) is 19.1. The molecular weight excluding hydrogens is 541 g/mol. The first-order valence-electron chi connectivity index (χ1n) is 9.77. The second kappa shape index (κ2) is 20.3. The summed E-state index contributed by atoms with van der Waals surface area (Å²) in [6.07, 6.45) is 2.81. The molecule has 33 heavy (non-hydrogen) atoms. The number of primary amides is 1. The minimum atomic E-state index is -4.94. The van der Waals surface area contributed by atoms with Gasteiger partial charge < -0.3 is 25.3 Å². The monoisotopic (exact) mass is 574 g/mol. The molecule has 0 aliphatic carbocycles. The van der Waals surface area contributed by atoms with E-state index in [4.69, 9.17) is 43.0 Å². The van der Waals surface area contributed by atoms with Gasteiger partial charge in [0.25, 0.3) is 0 Å².